The number of thiazole rings is 2. The van der Waals surface area contributed by atoms with E-state index in [0.717, 1.165) is 72.5 Å². The van der Waals surface area contributed by atoms with E-state index in [1.54, 1.807) is 32.5 Å². The minimum absolute atomic E-state index is 0.0377. The van der Waals surface area contributed by atoms with Crippen LogP contribution in [-0.4, -0.2) is 88.7 Å². The van der Waals surface area contributed by atoms with Gasteiger partial charge in [0, 0.05) is 46.9 Å². The number of rotatable bonds is 8. The highest BCUT2D eigenvalue weighted by molar-refractivity contribution is 7.23. The number of nitrogens with two attached hydrogens (primary N) is 1. The molecule has 0 aliphatic carbocycles. The predicted octanol–water partition coefficient (Wildman–Crippen LogP) is 9.88. The molecule has 8 rings (SSSR count). The molecule has 4 amide bonds. The Morgan fingerprint density at radius 1 is 0.719 bits per heavy atom. The van der Waals surface area contributed by atoms with Crippen molar-refractivity contribution in [1.82, 2.24) is 25.1 Å². The highest BCUT2D eigenvalue weighted by Crippen LogP contribution is 2.47. The Hall–Kier alpha value is -5.24. The SMILES string of the molecule is C=CC(=O)Nc1sc2c(c1-c1nc3ccccc3s1)CCN(C(=O)OC(C)(C)C)C2.CN.CNCCC(=O)Nc1sc2c(c1-c1nc3ccccc3s1)CCN(C(=O)OC(C)(C)C)C2. The molecule has 6 aromatic rings. The van der Waals surface area contributed by atoms with Crippen molar-refractivity contribution in [2.24, 2.45) is 5.73 Å². The molecule has 2 aromatic carbocycles. The largest absolute Gasteiger partial charge is 0.444 e. The standard InChI is InChI=1S/C23H28N4O3S2.C22H23N3O3S2.CH5N/c1-23(2,3)30-22(29)27-12-10-14-17(13-27)32-21(26-18(28)9-11-24-4)19(14)20-25-15-7-5-6-8-16(15)31-20;1-5-17(26)24-20-18(19-23-14-8-6-7-9-15(14)29-19)13-10-11-25(12-16(13)30-20)21(27)28-22(2,3)4;1-2/h5-8,24H,9-13H2,1-4H3,(H,26,28);5-9H,1,10-12H2,2-4H3,(H,24,26);2H2,1H3. The molecule has 0 saturated carbocycles. The third kappa shape index (κ3) is 11.7. The summed E-state index contributed by atoms with van der Waals surface area (Å²) >= 11 is 6.25. The Morgan fingerprint density at radius 2 is 1.16 bits per heavy atom. The van der Waals surface area contributed by atoms with E-state index in [1.807, 2.05) is 91.1 Å². The van der Waals surface area contributed by atoms with Gasteiger partial charge in [0.15, 0.2) is 0 Å². The fraction of sp³-hybridized carbons (Fsp3) is 0.391. The van der Waals surface area contributed by atoms with E-state index in [9.17, 15) is 19.2 Å². The highest BCUT2D eigenvalue weighted by atomic mass is 32.1. The summed E-state index contributed by atoms with van der Waals surface area (Å²) in [7, 11) is 3.33. The first-order valence-electron chi connectivity index (χ1n) is 20.9. The Balaban J connectivity index is 0.000000205. The predicted molar refractivity (Wildman–Crippen MR) is 263 cm³/mol. The number of ether oxygens (including phenoxy) is 2. The maximum Gasteiger partial charge on any atom is 0.410 e. The summed E-state index contributed by atoms with van der Waals surface area (Å²) in [6.07, 6.45) is 2.40. The molecule has 6 heterocycles. The maximum atomic E-state index is 12.6. The molecule has 340 valence electrons. The molecule has 0 fully saturated rings. The van der Waals surface area contributed by atoms with E-state index in [0.29, 0.717) is 52.0 Å². The van der Waals surface area contributed by atoms with Crippen LogP contribution in [0.3, 0.4) is 0 Å². The van der Waals surface area contributed by atoms with Crippen molar-refractivity contribution in [3.8, 4) is 21.1 Å². The third-order valence-electron chi connectivity index (χ3n) is 9.71. The van der Waals surface area contributed by atoms with E-state index in [-0.39, 0.29) is 24.0 Å². The molecule has 0 unspecified atom stereocenters. The number of nitrogens with one attached hydrogen (secondary N) is 3. The molecule has 5 N–H and O–H groups in total. The second-order valence-electron chi connectivity index (χ2n) is 16.8. The van der Waals surface area contributed by atoms with Gasteiger partial charge in [-0.3, -0.25) is 9.59 Å². The van der Waals surface area contributed by atoms with Crippen LogP contribution in [0.25, 0.3) is 41.6 Å². The van der Waals surface area contributed by atoms with Gasteiger partial charge in [-0.1, -0.05) is 30.8 Å². The van der Waals surface area contributed by atoms with Crippen LogP contribution in [0.5, 0.6) is 0 Å². The van der Waals surface area contributed by atoms with Crippen LogP contribution in [-0.2, 0) is 45.0 Å². The number of nitrogens with zero attached hydrogens (tertiary/aromatic N) is 4. The lowest BCUT2D eigenvalue weighted by Crippen LogP contribution is -2.39. The Morgan fingerprint density at radius 3 is 1.56 bits per heavy atom. The quantitative estimate of drug-likeness (QED) is 0.107. The van der Waals surface area contributed by atoms with Crippen molar-refractivity contribution >= 4 is 99.8 Å². The average Bonchev–Trinajstić information content (AvgIpc) is 4.04. The zero-order valence-corrected chi connectivity index (χ0v) is 40.8. The molecule has 2 aliphatic rings. The van der Waals surface area contributed by atoms with E-state index >= 15 is 0 Å². The number of para-hydroxylation sites is 2. The number of aromatic nitrogens is 2. The fourth-order valence-corrected chi connectivity index (χ4v) is 11.7. The zero-order chi connectivity index (χ0) is 46.3. The molecule has 64 heavy (non-hydrogen) atoms. The molecule has 0 spiro atoms. The number of carbonyl (C=O) groups excluding carboxylic acids is 4. The molecule has 0 bridgehead atoms. The van der Waals surface area contributed by atoms with Gasteiger partial charge in [0.25, 0.3) is 0 Å². The van der Waals surface area contributed by atoms with Crippen molar-refractivity contribution in [1.29, 1.82) is 0 Å². The average molecular weight is 945 g/mol. The number of benzene rings is 2. The first-order chi connectivity index (χ1) is 30.5. The van der Waals surface area contributed by atoms with Crippen molar-refractivity contribution in [2.75, 3.05) is 44.4 Å². The molecule has 4 aromatic heterocycles. The minimum atomic E-state index is -0.540. The third-order valence-corrected chi connectivity index (χ3v) is 14.1. The van der Waals surface area contributed by atoms with Crippen LogP contribution in [0.4, 0.5) is 19.6 Å². The molecule has 0 radical (unpaired) electrons. The summed E-state index contributed by atoms with van der Waals surface area (Å²) in [4.78, 5) is 65.0. The van der Waals surface area contributed by atoms with Crippen LogP contribution in [0.15, 0.2) is 61.2 Å². The van der Waals surface area contributed by atoms with Gasteiger partial charge in [-0.25, -0.2) is 19.6 Å². The summed E-state index contributed by atoms with van der Waals surface area (Å²) in [5.41, 5.74) is 9.56. The monoisotopic (exact) mass is 944 g/mol. The zero-order valence-electron chi connectivity index (χ0n) is 37.5. The number of hydrogen-bond donors (Lipinski definition) is 4. The highest BCUT2D eigenvalue weighted by Gasteiger charge is 2.33. The normalized spacial score (nSPS) is 13.5. The van der Waals surface area contributed by atoms with E-state index in [1.165, 1.54) is 35.8 Å². The first-order valence-corrected chi connectivity index (χ1v) is 24.2. The van der Waals surface area contributed by atoms with Gasteiger partial charge < -0.3 is 41.0 Å². The molecule has 2 aliphatic heterocycles. The topological polar surface area (TPSA) is 181 Å². The van der Waals surface area contributed by atoms with Gasteiger partial charge in [0.2, 0.25) is 11.8 Å². The lowest BCUT2D eigenvalue weighted by molar-refractivity contribution is -0.116. The summed E-state index contributed by atoms with van der Waals surface area (Å²) in [6, 6.07) is 16.0. The van der Waals surface area contributed by atoms with E-state index in [2.05, 4.69) is 34.3 Å². The van der Waals surface area contributed by atoms with Crippen LogP contribution in [0.2, 0.25) is 0 Å². The van der Waals surface area contributed by atoms with E-state index in [4.69, 9.17) is 19.4 Å². The van der Waals surface area contributed by atoms with Gasteiger partial charge >= 0.3 is 12.2 Å². The summed E-state index contributed by atoms with van der Waals surface area (Å²) in [5.74, 6) is -0.302. The minimum Gasteiger partial charge on any atom is -0.444 e. The molecule has 18 heteroatoms. The Bertz CT molecular complexity index is 2580. The van der Waals surface area contributed by atoms with Crippen molar-refractivity contribution in [3.05, 3.63) is 82.1 Å². The molecular formula is C46H56N8O6S4. The fourth-order valence-electron chi connectivity index (χ4n) is 6.95. The Kier molecular flexibility index (Phi) is 15.6. The summed E-state index contributed by atoms with van der Waals surface area (Å²) < 4.78 is 13.3. The van der Waals surface area contributed by atoms with Gasteiger partial charge in [-0.15, -0.1) is 45.3 Å². The van der Waals surface area contributed by atoms with E-state index < -0.39 is 11.2 Å². The van der Waals surface area contributed by atoms with Gasteiger partial charge in [0.05, 0.1) is 33.5 Å². The number of amides is 4. The number of carbonyl (C=O) groups is 4. The lowest BCUT2D eigenvalue weighted by atomic mass is 10.0. The molecule has 14 nitrogen and oxygen atoms in total. The first kappa shape index (κ1) is 48.2. The molecular weight excluding hydrogens is 889 g/mol. The van der Waals surface area contributed by atoms with Crippen LogP contribution in [0.1, 0.15) is 68.8 Å². The maximum absolute atomic E-state index is 12.6. The Labute approximate surface area is 389 Å². The smallest absolute Gasteiger partial charge is 0.410 e. The van der Waals surface area contributed by atoms with Gasteiger partial charge in [-0.05, 0) is 110 Å². The summed E-state index contributed by atoms with van der Waals surface area (Å²) in [6.45, 7) is 17.4. The second-order valence-corrected chi connectivity index (χ2v) is 21.1. The number of anilines is 2. The van der Waals surface area contributed by atoms with Crippen molar-refractivity contribution < 1.29 is 28.7 Å². The number of fused-ring (bicyclic) bond motifs is 4. The number of hydrogen-bond acceptors (Lipinski definition) is 14. The van der Waals surface area contributed by atoms with Crippen LogP contribution in [0, 0.1) is 0 Å². The van der Waals surface area contributed by atoms with Gasteiger partial charge in [-0.2, -0.15) is 0 Å². The number of thiophene rings is 2. The van der Waals surface area contributed by atoms with Gasteiger partial charge in [0.1, 0.15) is 31.2 Å². The second kappa shape index (κ2) is 20.7. The van der Waals surface area contributed by atoms with Crippen LogP contribution < -0.4 is 21.7 Å². The molecule has 0 saturated heterocycles. The summed E-state index contributed by atoms with van der Waals surface area (Å²) in [5, 5.41) is 12.4. The van der Waals surface area contributed by atoms with Crippen LogP contribution >= 0.6 is 45.3 Å². The lowest BCUT2D eigenvalue weighted by Gasteiger charge is -2.30. The van der Waals surface area contributed by atoms with Crippen molar-refractivity contribution in [3.63, 3.8) is 0 Å². The van der Waals surface area contributed by atoms with Crippen molar-refractivity contribution in [2.45, 2.75) is 85.1 Å². The molecule has 0 atom stereocenters.